The molecule has 148 valence electrons. The number of halogens is 1. The number of allylic oxidation sites excluding steroid dienone is 1. The Kier molecular flexibility index (Phi) is 4.99. The molecule has 0 spiro atoms. The Balaban J connectivity index is 1.88. The van der Waals surface area contributed by atoms with Crippen molar-refractivity contribution in [3.05, 3.63) is 64.0 Å². The lowest BCUT2D eigenvalue weighted by Crippen LogP contribution is -2.21. The van der Waals surface area contributed by atoms with E-state index in [1.54, 1.807) is 19.3 Å². The van der Waals surface area contributed by atoms with Crippen LogP contribution in [-0.2, 0) is 0 Å². The van der Waals surface area contributed by atoms with Crippen LogP contribution >= 0.6 is 15.9 Å². The van der Waals surface area contributed by atoms with Crippen molar-refractivity contribution >= 4 is 15.9 Å². The lowest BCUT2D eigenvalue weighted by atomic mass is 9.83. The molecule has 0 unspecified atom stereocenters. The average molecular weight is 457 g/mol. The molecule has 8 heteroatoms. The summed E-state index contributed by atoms with van der Waals surface area (Å²) in [6, 6.07) is 9.40. The van der Waals surface area contributed by atoms with E-state index in [9.17, 15) is 5.26 Å². The third kappa shape index (κ3) is 3.23. The summed E-state index contributed by atoms with van der Waals surface area (Å²) in [5.74, 6) is 2.31. The first-order valence-corrected chi connectivity index (χ1v) is 9.49. The monoisotopic (exact) mass is 456 g/mol. The Hall–Kier alpha value is -3.31. The van der Waals surface area contributed by atoms with Crippen molar-refractivity contribution in [1.29, 1.82) is 5.26 Å². The summed E-state index contributed by atoms with van der Waals surface area (Å²) in [6.07, 6.45) is 1.65. The molecule has 29 heavy (non-hydrogen) atoms. The second kappa shape index (κ2) is 7.60. The van der Waals surface area contributed by atoms with E-state index in [2.05, 4.69) is 28.6 Å². The van der Waals surface area contributed by atoms with Crippen LogP contribution in [-0.4, -0.2) is 20.5 Å². The summed E-state index contributed by atoms with van der Waals surface area (Å²) in [5.41, 5.74) is 7.89. The van der Waals surface area contributed by atoms with Crippen LogP contribution in [0.4, 0.5) is 0 Å². The molecule has 7 nitrogen and oxygen atoms in total. The normalized spacial score (nSPS) is 16.5. The third-order valence-corrected chi connectivity index (χ3v) is 5.23. The summed E-state index contributed by atoms with van der Waals surface area (Å²) < 4.78 is 28.5. The zero-order chi connectivity index (χ0) is 20.5. The van der Waals surface area contributed by atoms with E-state index in [1.165, 1.54) is 0 Å². The van der Waals surface area contributed by atoms with Gasteiger partial charge in [0.2, 0.25) is 12.7 Å². The van der Waals surface area contributed by atoms with Crippen LogP contribution in [0, 0.1) is 11.3 Å². The van der Waals surface area contributed by atoms with Gasteiger partial charge >= 0.3 is 0 Å². The predicted octanol–water partition coefficient (Wildman–Crippen LogP) is 3.97. The first kappa shape index (κ1) is 19.0. The van der Waals surface area contributed by atoms with E-state index in [0.29, 0.717) is 45.4 Å². The maximum absolute atomic E-state index is 9.78. The predicted molar refractivity (Wildman–Crippen MR) is 108 cm³/mol. The molecule has 0 fully saturated rings. The van der Waals surface area contributed by atoms with Crippen LogP contribution in [0.25, 0.3) is 0 Å². The maximum atomic E-state index is 9.78. The molecule has 0 saturated heterocycles. The first-order valence-electron chi connectivity index (χ1n) is 8.69. The molecule has 4 rings (SSSR count). The van der Waals surface area contributed by atoms with Gasteiger partial charge in [-0.05, 0) is 39.7 Å². The Morgan fingerprint density at radius 2 is 2.03 bits per heavy atom. The molecule has 2 N–H and O–H groups in total. The van der Waals surface area contributed by atoms with E-state index in [-0.39, 0.29) is 12.7 Å². The highest BCUT2D eigenvalue weighted by Gasteiger charge is 2.34. The summed E-state index contributed by atoms with van der Waals surface area (Å²) in [6.45, 7) is 4.12. The van der Waals surface area contributed by atoms with Gasteiger partial charge < -0.3 is 29.4 Å². The number of benzene rings is 2. The van der Waals surface area contributed by atoms with Gasteiger partial charge in [0.25, 0.3) is 0 Å². The molecule has 1 atom stereocenters. The minimum Gasteiger partial charge on any atom is -0.493 e. The number of rotatable bonds is 5. The van der Waals surface area contributed by atoms with Crippen molar-refractivity contribution in [2.24, 2.45) is 5.73 Å². The number of hydrogen-bond donors (Lipinski definition) is 1. The van der Waals surface area contributed by atoms with Crippen molar-refractivity contribution in [1.82, 2.24) is 0 Å². The standard InChI is InChI=1S/C21H17BrN2O5/c1-3-4-26-20-14(22)5-11(6-18(20)25-2)19-12-7-16-17(28-10-27-16)8-15(12)29-21(24)13(19)9-23/h3,5-8,19H,1,4,10,24H2,2H3/t19-/m1/s1. The molecule has 0 bridgehead atoms. The Labute approximate surface area is 176 Å². The summed E-state index contributed by atoms with van der Waals surface area (Å²) in [4.78, 5) is 0. The Bertz CT molecular complexity index is 1070. The molecule has 2 aliphatic rings. The number of nitrogens with zero attached hydrogens (tertiary/aromatic N) is 1. The van der Waals surface area contributed by atoms with Gasteiger partial charge in [-0.15, -0.1) is 0 Å². The van der Waals surface area contributed by atoms with Gasteiger partial charge in [-0.2, -0.15) is 5.26 Å². The summed E-state index contributed by atoms with van der Waals surface area (Å²) in [5, 5.41) is 9.78. The second-order valence-electron chi connectivity index (χ2n) is 6.30. The Morgan fingerprint density at radius 3 is 2.72 bits per heavy atom. The third-order valence-electron chi connectivity index (χ3n) is 4.64. The maximum Gasteiger partial charge on any atom is 0.231 e. The van der Waals surface area contributed by atoms with E-state index < -0.39 is 5.92 Å². The van der Waals surface area contributed by atoms with Crippen LogP contribution in [0.2, 0.25) is 0 Å². The molecular weight excluding hydrogens is 440 g/mol. The number of ether oxygens (including phenoxy) is 5. The van der Waals surface area contributed by atoms with Crippen LogP contribution < -0.4 is 29.4 Å². The van der Waals surface area contributed by atoms with Crippen molar-refractivity contribution in [3.63, 3.8) is 0 Å². The van der Waals surface area contributed by atoms with E-state index in [1.807, 2.05) is 18.2 Å². The van der Waals surface area contributed by atoms with Gasteiger partial charge in [-0.25, -0.2) is 0 Å². The zero-order valence-electron chi connectivity index (χ0n) is 15.5. The van der Waals surface area contributed by atoms with Crippen molar-refractivity contribution < 1.29 is 23.7 Å². The second-order valence-corrected chi connectivity index (χ2v) is 7.16. The molecule has 0 aromatic heterocycles. The van der Waals surface area contributed by atoms with E-state index in [0.717, 1.165) is 11.1 Å². The molecule has 2 aliphatic heterocycles. The summed E-state index contributed by atoms with van der Waals surface area (Å²) in [7, 11) is 1.55. The van der Waals surface area contributed by atoms with Crippen molar-refractivity contribution in [2.45, 2.75) is 5.92 Å². The fourth-order valence-corrected chi connectivity index (χ4v) is 3.95. The molecule has 0 amide bonds. The van der Waals surface area contributed by atoms with Crippen LogP contribution in [0.1, 0.15) is 17.0 Å². The highest BCUT2D eigenvalue weighted by molar-refractivity contribution is 9.10. The van der Waals surface area contributed by atoms with Crippen LogP contribution in [0.3, 0.4) is 0 Å². The summed E-state index contributed by atoms with van der Waals surface area (Å²) >= 11 is 3.54. The van der Waals surface area contributed by atoms with Crippen LogP contribution in [0.15, 0.2) is 52.8 Å². The lowest BCUT2D eigenvalue weighted by Gasteiger charge is -2.27. The zero-order valence-corrected chi connectivity index (χ0v) is 17.1. The molecule has 0 radical (unpaired) electrons. The highest BCUT2D eigenvalue weighted by Crippen LogP contribution is 2.49. The van der Waals surface area contributed by atoms with Crippen molar-refractivity contribution in [3.8, 4) is 34.8 Å². The fourth-order valence-electron chi connectivity index (χ4n) is 3.38. The highest BCUT2D eigenvalue weighted by atomic mass is 79.9. The largest absolute Gasteiger partial charge is 0.493 e. The SMILES string of the molecule is C=CCOc1c(Br)cc([C@H]2C(C#N)=C(N)Oc3cc4c(cc32)OCO4)cc1OC. The smallest absolute Gasteiger partial charge is 0.231 e. The van der Waals surface area contributed by atoms with Crippen molar-refractivity contribution in [2.75, 3.05) is 20.5 Å². The molecule has 2 heterocycles. The van der Waals surface area contributed by atoms with Gasteiger partial charge in [-0.1, -0.05) is 12.7 Å². The molecule has 2 aromatic carbocycles. The number of methoxy groups -OCH3 is 1. The van der Waals surface area contributed by atoms with E-state index in [4.69, 9.17) is 29.4 Å². The van der Waals surface area contributed by atoms with Gasteiger partial charge in [-0.3, -0.25) is 0 Å². The lowest BCUT2D eigenvalue weighted by molar-refractivity contribution is 0.174. The number of fused-ring (bicyclic) bond motifs is 2. The topological polar surface area (TPSA) is 96.0 Å². The van der Waals surface area contributed by atoms with E-state index >= 15 is 0 Å². The first-order chi connectivity index (χ1) is 14.1. The molecule has 2 aromatic rings. The van der Waals surface area contributed by atoms with Gasteiger partial charge in [0.15, 0.2) is 23.0 Å². The minimum absolute atomic E-state index is 0.0472. The van der Waals surface area contributed by atoms with Gasteiger partial charge in [0.05, 0.1) is 17.5 Å². The van der Waals surface area contributed by atoms with Gasteiger partial charge in [0.1, 0.15) is 24.0 Å². The quantitative estimate of drug-likeness (QED) is 0.679. The molecule has 0 aliphatic carbocycles. The average Bonchev–Trinajstić information content (AvgIpc) is 3.17. The Morgan fingerprint density at radius 1 is 1.28 bits per heavy atom. The number of nitriles is 1. The van der Waals surface area contributed by atoms with Crippen LogP contribution in [0.5, 0.6) is 28.7 Å². The number of hydrogen-bond acceptors (Lipinski definition) is 7. The fraction of sp³-hybridized carbons (Fsp3) is 0.190. The number of nitrogens with two attached hydrogens (primary N) is 1. The molecular formula is C21H17BrN2O5. The molecule has 0 saturated carbocycles. The minimum atomic E-state index is -0.475. The van der Waals surface area contributed by atoms with Gasteiger partial charge in [0, 0.05) is 11.6 Å².